The van der Waals surface area contributed by atoms with Gasteiger partial charge in [0.1, 0.15) is 19.8 Å². The lowest BCUT2D eigenvalue weighted by Gasteiger charge is -2.24. The van der Waals surface area contributed by atoms with Crippen LogP contribution in [0.4, 0.5) is 0 Å². The summed E-state index contributed by atoms with van der Waals surface area (Å²) in [6.45, 7) is 4.41. The fraction of sp³-hybridized carbons (Fsp3) is 0.888. The highest BCUT2D eigenvalue weighted by molar-refractivity contribution is 7.47. The van der Waals surface area contributed by atoms with E-state index >= 15 is 0 Å². The molecular weight excluding hydrogens is 1240 g/mol. The third-order valence-corrected chi connectivity index (χ3v) is 21.1. The molecule has 0 amide bonds. The second-order valence-electron chi connectivity index (χ2n) is 31.3. The number of hydrogen-bond donors (Lipinski definition) is 1. The fourth-order valence-corrected chi connectivity index (χ4v) is 14.2. The van der Waals surface area contributed by atoms with Crippen molar-refractivity contribution in [1.29, 1.82) is 0 Å². The second-order valence-corrected chi connectivity index (χ2v) is 32.7. The summed E-state index contributed by atoms with van der Waals surface area (Å²) in [6.07, 6.45) is 107. The minimum Gasteiger partial charge on any atom is -0.462 e. The molecule has 0 bridgehead atoms. The molecule has 0 aromatic carbocycles. The minimum absolute atomic E-state index is 0.0351. The largest absolute Gasteiger partial charge is 0.472 e. The molecule has 0 fully saturated rings. The lowest BCUT2D eigenvalue weighted by Crippen LogP contribution is -2.37. The zero-order valence-electron chi connectivity index (χ0n) is 67.0. The van der Waals surface area contributed by atoms with Gasteiger partial charge in [-0.25, -0.2) is 4.57 Å². The Morgan fingerprint density at radius 1 is 0.323 bits per heavy atom. The summed E-state index contributed by atoms with van der Waals surface area (Å²) in [5.41, 5.74) is 0. The molecule has 2 atom stereocenters. The number of ether oxygens (including phenoxy) is 2. The van der Waals surface area contributed by atoms with Crippen molar-refractivity contribution in [2.75, 3.05) is 47.5 Å². The first-order valence-corrected chi connectivity index (χ1v) is 45.4. The summed E-state index contributed by atoms with van der Waals surface area (Å²) in [5.74, 6) is -0.769. The molecule has 0 saturated carbocycles. The van der Waals surface area contributed by atoms with Crippen LogP contribution in [0.5, 0.6) is 0 Å². The van der Waals surface area contributed by atoms with Gasteiger partial charge >= 0.3 is 19.8 Å². The van der Waals surface area contributed by atoms with Crippen molar-refractivity contribution in [2.45, 2.75) is 463 Å². The number of nitrogens with zero attached hydrogens (tertiary/aromatic N) is 1. The molecule has 0 radical (unpaired) electrons. The molecule has 0 rings (SSSR count). The van der Waals surface area contributed by atoms with E-state index in [-0.39, 0.29) is 25.6 Å². The molecule has 0 spiro atoms. The van der Waals surface area contributed by atoms with Crippen LogP contribution in [0.3, 0.4) is 0 Å². The molecule has 0 aromatic rings. The molecule has 2 unspecified atom stereocenters. The quantitative estimate of drug-likeness (QED) is 0.0211. The topological polar surface area (TPSA) is 108 Å². The van der Waals surface area contributed by atoms with Gasteiger partial charge in [0.05, 0.1) is 27.7 Å². The molecule has 1 N–H and O–H groups in total. The number of likely N-dealkylation sites (N-methyl/N-ethyl adjacent to an activating group) is 1. The molecule has 584 valence electrons. The highest BCUT2D eigenvalue weighted by Gasteiger charge is 2.27. The van der Waals surface area contributed by atoms with Crippen LogP contribution in [0, 0.1) is 0 Å². The highest BCUT2D eigenvalue weighted by atomic mass is 31.2. The maximum Gasteiger partial charge on any atom is 0.472 e. The van der Waals surface area contributed by atoms with Crippen LogP contribution < -0.4 is 0 Å². The van der Waals surface area contributed by atoms with Crippen molar-refractivity contribution in [3.8, 4) is 0 Å². The Labute approximate surface area is 617 Å². The van der Waals surface area contributed by atoms with Crippen LogP contribution in [0.2, 0.25) is 0 Å². The van der Waals surface area contributed by atoms with Gasteiger partial charge in [0, 0.05) is 12.8 Å². The smallest absolute Gasteiger partial charge is 0.462 e. The summed E-state index contributed by atoms with van der Waals surface area (Å²) >= 11 is 0. The van der Waals surface area contributed by atoms with E-state index in [0.29, 0.717) is 23.9 Å². The van der Waals surface area contributed by atoms with Crippen LogP contribution in [-0.2, 0) is 32.7 Å². The molecule has 0 heterocycles. The monoisotopic (exact) mass is 1410 g/mol. The van der Waals surface area contributed by atoms with Crippen LogP contribution in [0.1, 0.15) is 457 Å². The normalized spacial score (nSPS) is 13.2. The number of esters is 2. The lowest BCUT2D eigenvalue weighted by atomic mass is 10.0. The fourth-order valence-electron chi connectivity index (χ4n) is 13.5. The van der Waals surface area contributed by atoms with Crippen molar-refractivity contribution < 1.29 is 42.1 Å². The van der Waals surface area contributed by atoms with Crippen LogP contribution in [-0.4, -0.2) is 74.9 Å². The van der Waals surface area contributed by atoms with E-state index in [1.54, 1.807) is 0 Å². The van der Waals surface area contributed by atoms with Gasteiger partial charge in [0.25, 0.3) is 0 Å². The number of allylic oxidation sites excluding steroid dienone is 8. The number of phosphoric ester groups is 1. The molecule has 0 saturated heterocycles. The van der Waals surface area contributed by atoms with Gasteiger partial charge < -0.3 is 18.9 Å². The predicted molar refractivity (Wildman–Crippen MR) is 432 cm³/mol. The van der Waals surface area contributed by atoms with Crippen molar-refractivity contribution in [1.82, 2.24) is 0 Å². The SMILES string of the molecule is CC/C=C\C/C=C\C/C=C\C/C=C\CCCCCCCCCCCCCCCCCCCCCCCCC(=O)OC(COC(=O)CCCCCCCCCCCCCCCCCCCCCCCCCCCCCCCCCCCCCCCCCC)COP(=O)(O)OCC[N+](C)(C)C. The molecule has 9 nitrogen and oxygen atoms in total. The minimum atomic E-state index is -4.39. The average molecular weight is 1410 g/mol. The maximum absolute atomic E-state index is 12.9. The van der Waals surface area contributed by atoms with E-state index in [4.69, 9.17) is 18.5 Å². The van der Waals surface area contributed by atoms with E-state index < -0.39 is 26.5 Å². The number of unbranched alkanes of at least 4 members (excludes halogenated alkanes) is 61. The Balaban J connectivity index is 3.84. The van der Waals surface area contributed by atoms with E-state index in [9.17, 15) is 19.0 Å². The zero-order valence-corrected chi connectivity index (χ0v) is 67.9. The second kappa shape index (κ2) is 80.1. The van der Waals surface area contributed by atoms with E-state index in [0.717, 1.165) is 57.8 Å². The Kier molecular flexibility index (Phi) is 78.4. The summed E-state index contributed by atoms with van der Waals surface area (Å²) < 4.78 is 34.9. The van der Waals surface area contributed by atoms with Crippen LogP contribution in [0.15, 0.2) is 48.6 Å². The van der Waals surface area contributed by atoms with Crippen molar-refractivity contribution in [2.24, 2.45) is 0 Å². The zero-order chi connectivity index (χ0) is 71.8. The third kappa shape index (κ3) is 84.8. The number of hydrogen-bond acceptors (Lipinski definition) is 7. The maximum atomic E-state index is 12.9. The molecule has 0 aliphatic heterocycles. The molecule has 0 aliphatic rings. The van der Waals surface area contributed by atoms with Gasteiger partial charge in [0.2, 0.25) is 0 Å². The van der Waals surface area contributed by atoms with Crippen molar-refractivity contribution >= 4 is 19.8 Å². The van der Waals surface area contributed by atoms with Gasteiger partial charge in [-0.05, 0) is 51.4 Å². The van der Waals surface area contributed by atoms with Gasteiger partial charge in [-0.2, -0.15) is 0 Å². The van der Waals surface area contributed by atoms with Gasteiger partial charge in [-0.15, -0.1) is 0 Å². The van der Waals surface area contributed by atoms with Crippen molar-refractivity contribution in [3.63, 3.8) is 0 Å². The first kappa shape index (κ1) is 97.0. The van der Waals surface area contributed by atoms with Crippen LogP contribution >= 0.6 is 7.82 Å². The molecule has 0 aliphatic carbocycles. The number of phosphoric acid groups is 1. The van der Waals surface area contributed by atoms with E-state index in [1.165, 1.54) is 366 Å². The number of rotatable bonds is 83. The van der Waals surface area contributed by atoms with Crippen molar-refractivity contribution in [3.05, 3.63) is 48.6 Å². The number of quaternary nitrogens is 1. The predicted octanol–water partition coefficient (Wildman–Crippen LogP) is 29.5. The molecule has 0 aromatic heterocycles. The Morgan fingerprint density at radius 3 is 0.859 bits per heavy atom. The molecular formula is C89H171NO8P+. The van der Waals surface area contributed by atoms with E-state index in [2.05, 4.69) is 62.5 Å². The van der Waals surface area contributed by atoms with Gasteiger partial charge in [0.15, 0.2) is 6.10 Å². The van der Waals surface area contributed by atoms with Gasteiger partial charge in [-0.3, -0.25) is 18.6 Å². The number of carbonyl (C=O) groups is 2. The first-order valence-electron chi connectivity index (χ1n) is 43.9. The first-order chi connectivity index (χ1) is 48.5. The Bertz CT molecular complexity index is 1810. The van der Waals surface area contributed by atoms with E-state index in [1.807, 2.05) is 21.1 Å². The number of carbonyl (C=O) groups excluding carboxylic acids is 2. The Morgan fingerprint density at radius 2 is 0.576 bits per heavy atom. The summed E-state index contributed by atoms with van der Waals surface area (Å²) in [6, 6.07) is 0. The van der Waals surface area contributed by atoms with Gasteiger partial charge in [-0.1, -0.05) is 441 Å². The highest BCUT2D eigenvalue weighted by Crippen LogP contribution is 2.43. The summed E-state index contributed by atoms with van der Waals surface area (Å²) in [7, 11) is 1.50. The average Bonchev–Trinajstić information content (AvgIpc) is 1.06. The summed E-state index contributed by atoms with van der Waals surface area (Å²) in [4.78, 5) is 36.0. The third-order valence-electron chi connectivity index (χ3n) is 20.1. The standard InChI is InChI=1S/C89H170NO8P/c1-6-8-10-12-14-16-18-20-22-24-26-28-30-32-34-36-38-40-42-43-44-45-46-48-49-51-53-55-57-59-61-63-65-67-69-71-73-75-77-79-81-88(91)95-85-87(86-97-99(93,94)96-84-83-90(3,4)5)98-89(92)82-80-78-76-74-72-70-68-66-64-62-60-58-56-54-52-50-47-41-39-37-35-33-31-29-27-25-23-21-19-17-15-13-11-9-7-2/h9,11,15,17,21,23,27,29,87H,6-8,10,12-14,16,18-20,22,24-26,28,30-86H2,1-5H3/p+1/b11-9-,17-15-,23-21-,29-27-. The lowest BCUT2D eigenvalue weighted by molar-refractivity contribution is -0.870. The Hall–Kier alpha value is -2.03. The molecule has 10 heteroatoms. The molecule has 99 heavy (non-hydrogen) atoms. The van der Waals surface area contributed by atoms with Crippen LogP contribution in [0.25, 0.3) is 0 Å². The summed E-state index contributed by atoms with van der Waals surface area (Å²) in [5, 5.41) is 0.